The van der Waals surface area contributed by atoms with Crippen molar-refractivity contribution in [3.8, 4) is 84.4 Å². The van der Waals surface area contributed by atoms with Gasteiger partial charge in [0.15, 0.2) is 17.5 Å². The third kappa shape index (κ3) is 6.86. The van der Waals surface area contributed by atoms with Gasteiger partial charge in [0.05, 0.1) is 22.2 Å². The van der Waals surface area contributed by atoms with Crippen molar-refractivity contribution in [1.82, 2.24) is 19.5 Å². The Bertz CT molecular complexity index is 3540. The second-order valence-electron chi connectivity index (χ2n) is 14.9. The van der Waals surface area contributed by atoms with E-state index in [9.17, 15) is 1.37 Å². The average Bonchev–Trinajstić information content (AvgIpc) is 3.73. The lowest BCUT2D eigenvalue weighted by Crippen LogP contribution is -2.00. The summed E-state index contributed by atoms with van der Waals surface area (Å²) in [5.74, 6) is 1.70. The molecule has 4 nitrogen and oxygen atoms in total. The Morgan fingerprint density at radius 3 is 1.26 bits per heavy atom. The number of benzene rings is 9. The Morgan fingerprint density at radius 2 is 0.705 bits per heavy atom. The summed E-state index contributed by atoms with van der Waals surface area (Å²) in [5, 5.41) is 1.23. The van der Waals surface area contributed by atoms with E-state index in [1.165, 1.54) is 0 Å². The predicted octanol–water partition coefficient (Wildman–Crippen LogP) is 14.6. The van der Waals surface area contributed by atoms with Crippen LogP contribution < -0.4 is 0 Å². The standard InChI is InChI=1S/C57H38N4/c1-4-14-39(15-5-1)41-24-26-43(27-25-41)48-36-37-51-50-21-11-13-23-53(50)61(54(51)38-48)52-22-12-10-20-49(52)44-30-34-47(35-31-44)57-59-55(45-18-8-3-9-19-45)58-56(60-57)46-32-28-42(29-33-46)40-16-6-2-7-17-40/h1-38H/i11D,13D,21D,23D. The third-order valence-electron chi connectivity index (χ3n) is 11.2. The van der Waals surface area contributed by atoms with Crippen LogP contribution in [-0.2, 0) is 0 Å². The lowest BCUT2D eigenvalue weighted by Gasteiger charge is -2.15. The van der Waals surface area contributed by atoms with Crippen molar-refractivity contribution in [2.24, 2.45) is 0 Å². The van der Waals surface area contributed by atoms with E-state index < -0.39 is 0 Å². The van der Waals surface area contributed by atoms with Crippen LogP contribution in [0.15, 0.2) is 230 Å². The SMILES string of the molecule is [2H]c1c([2H])c([2H])c2c(c1[2H])c1ccc(-c3ccc(-c4ccccc4)cc3)cc1n2-c1ccccc1-c1ccc(-c2nc(-c3ccccc3)nc(-c3ccc(-c4ccccc4)cc3)n2)cc1. The number of nitrogens with zero attached hydrogens (tertiary/aromatic N) is 4. The van der Waals surface area contributed by atoms with Gasteiger partial charge in [0.2, 0.25) is 0 Å². The van der Waals surface area contributed by atoms with Gasteiger partial charge in [-0.25, -0.2) is 15.0 Å². The van der Waals surface area contributed by atoms with Crippen molar-refractivity contribution in [1.29, 1.82) is 0 Å². The zero-order chi connectivity index (χ0) is 44.0. The quantitative estimate of drug-likeness (QED) is 0.154. The van der Waals surface area contributed by atoms with Gasteiger partial charge in [0.25, 0.3) is 0 Å². The van der Waals surface area contributed by atoms with E-state index >= 15 is 0 Å². The molecule has 0 saturated carbocycles. The number of hydrogen-bond donors (Lipinski definition) is 0. The Kier molecular flexibility index (Phi) is 8.07. The molecule has 2 aromatic heterocycles. The van der Waals surface area contributed by atoms with Crippen molar-refractivity contribution in [3.05, 3.63) is 230 Å². The average molecular weight is 783 g/mol. The first kappa shape index (κ1) is 31.7. The van der Waals surface area contributed by atoms with Crippen molar-refractivity contribution < 1.29 is 5.48 Å². The second-order valence-corrected chi connectivity index (χ2v) is 14.9. The van der Waals surface area contributed by atoms with Crippen molar-refractivity contribution in [2.75, 3.05) is 0 Å². The summed E-state index contributed by atoms with van der Waals surface area (Å²) < 4.78 is 37.7. The Hall–Kier alpha value is -8.21. The van der Waals surface area contributed by atoms with Gasteiger partial charge < -0.3 is 4.57 Å². The summed E-state index contributed by atoms with van der Waals surface area (Å²) in [5.41, 5.74) is 12.9. The molecule has 0 amide bonds. The zero-order valence-corrected chi connectivity index (χ0v) is 32.9. The normalized spacial score (nSPS) is 12.2. The van der Waals surface area contributed by atoms with Crippen LogP contribution in [0.3, 0.4) is 0 Å². The molecule has 0 radical (unpaired) electrons. The monoisotopic (exact) mass is 782 g/mol. The molecule has 0 aliphatic rings. The summed E-state index contributed by atoms with van der Waals surface area (Å²) in [6, 6.07) is 68.8. The van der Waals surface area contributed by atoms with E-state index in [2.05, 4.69) is 91.0 Å². The molecule has 11 rings (SSSR count). The van der Waals surface area contributed by atoms with Gasteiger partial charge >= 0.3 is 0 Å². The molecule has 61 heavy (non-hydrogen) atoms. The molecular formula is C57H38N4. The minimum atomic E-state index is -0.274. The third-order valence-corrected chi connectivity index (χ3v) is 11.2. The fourth-order valence-corrected chi connectivity index (χ4v) is 8.14. The fraction of sp³-hybridized carbons (Fsp3) is 0. The maximum atomic E-state index is 9.25. The molecule has 4 heteroatoms. The fourth-order valence-electron chi connectivity index (χ4n) is 8.14. The Balaban J connectivity index is 1.02. The summed E-state index contributed by atoms with van der Waals surface area (Å²) in [6.45, 7) is 0. The highest BCUT2D eigenvalue weighted by Gasteiger charge is 2.18. The number of para-hydroxylation sites is 2. The highest BCUT2D eigenvalue weighted by Crippen LogP contribution is 2.39. The van der Waals surface area contributed by atoms with Gasteiger partial charge in [-0.05, 0) is 57.1 Å². The van der Waals surface area contributed by atoms with Crippen molar-refractivity contribution in [2.45, 2.75) is 0 Å². The van der Waals surface area contributed by atoms with Crippen molar-refractivity contribution in [3.63, 3.8) is 0 Å². The molecule has 0 saturated heterocycles. The summed E-state index contributed by atoms with van der Waals surface area (Å²) >= 11 is 0. The van der Waals surface area contributed by atoms with Gasteiger partial charge in [0, 0.05) is 33.0 Å². The van der Waals surface area contributed by atoms with E-state index in [4.69, 9.17) is 19.1 Å². The maximum absolute atomic E-state index is 9.25. The van der Waals surface area contributed by atoms with Crippen LogP contribution >= 0.6 is 0 Å². The molecule has 0 bridgehead atoms. The van der Waals surface area contributed by atoms with Crippen LogP contribution in [0.5, 0.6) is 0 Å². The van der Waals surface area contributed by atoms with Crippen LogP contribution in [-0.4, -0.2) is 19.5 Å². The molecule has 0 atom stereocenters. The topological polar surface area (TPSA) is 43.6 Å². The first-order valence-corrected chi connectivity index (χ1v) is 20.3. The van der Waals surface area contributed by atoms with Gasteiger partial charge in [-0.1, -0.05) is 212 Å². The maximum Gasteiger partial charge on any atom is 0.164 e. The van der Waals surface area contributed by atoms with Gasteiger partial charge in [0.1, 0.15) is 0 Å². The number of hydrogen-bond acceptors (Lipinski definition) is 3. The predicted molar refractivity (Wildman–Crippen MR) is 252 cm³/mol. The van der Waals surface area contributed by atoms with E-state index in [-0.39, 0.29) is 24.2 Å². The van der Waals surface area contributed by atoms with Crippen LogP contribution in [0.25, 0.3) is 106 Å². The Labute approximate surface area is 360 Å². The summed E-state index contributed by atoms with van der Waals surface area (Å²) in [7, 11) is 0. The van der Waals surface area contributed by atoms with Gasteiger partial charge in [-0.2, -0.15) is 0 Å². The van der Waals surface area contributed by atoms with Crippen LogP contribution in [0.1, 0.15) is 5.48 Å². The van der Waals surface area contributed by atoms with Gasteiger partial charge in [-0.15, -0.1) is 0 Å². The first-order chi connectivity index (χ1) is 31.9. The molecule has 286 valence electrons. The van der Waals surface area contributed by atoms with E-state index in [1.807, 2.05) is 120 Å². The van der Waals surface area contributed by atoms with Crippen LogP contribution in [0, 0.1) is 0 Å². The van der Waals surface area contributed by atoms with E-state index in [0.29, 0.717) is 28.4 Å². The molecule has 2 heterocycles. The molecule has 0 aliphatic carbocycles. The van der Waals surface area contributed by atoms with Gasteiger partial charge in [-0.3, -0.25) is 0 Å². The lowest BCUT2D eigenvalue weighted by molar-refractivity contribution is 1.07. The highest BCUT2D eigenvalue weighted by molar-refractivity contribution is 6.10. The number of aromatic nitrogens is 4. The molecule has 0 unspecified atom stereocenters. The molecular weight excluding hydrogens is 741 g/mol. The molecule has 0 spiro atoms. The first-order valence-electron chi connectivity index (χ1n) is 22.3. The van der Waals surface area contributed by atoms with E-state index in [1.54, 1.807) is 0 Å². The molecule has 9 aromatic carbocycles. The second kappa shape index (κ2) is 15.5. The largest absolute Gasteiger partial charge is 0.309 e. The van der Waals surface area contributed by atoms with E-state index in [0.717, 1.165) is 77.8 Å². The molecule has 0 N–H and O–H groups in total. The van der Waals surface area contributed by atoms with Crippen LogP contribution in [0.2, 0.25) is 0 Å². The Morgan fingerprint density at radius 1 is 0.311 bits per heavy atom. The molecule has 0 fully saturated rings. The summed E-state index contributed by atoms with van der Waals surface area (Å²) in [6.07, 6.45) is 0. The molecule has 11 aromatic rings. The van der Waals surface area contributed by atoms with Crippen molar-refractivity contribution >= 4 is 21.8 Å². The lowest BCUT2D eigenvalue weighted by atomic mass is 9.99. The number of fused-ring (bicyclic) bond motifs is 3. The highest BCUT2D eigenvalue weighted by atomic mass is 15.0. The minimum absolute atomic E-state index is 0.0646. The zero-order valence-electron chi connectivity index (χ0n) is 36.9. The smallest absolute Gasteiger partial charge is 0.164 e. The van der Waals surface area contributed by atoms with Crippen LogP contribution in [0.4, 0.5) is 0 Å². The summed E-state index contributed by atoms with van der Waals surface area (Å²) in [4.78, 5) is 14.9. The molecule has 0 aliphatic heterocycles. The minimum Gasteiger partial charge on any atom is -0.309 e. The number of rotatable bonds is 8.